The molecule has 1 rings (SSSR count). The molecule has 25 heavy (non-hydrogen) atoms. The Kier molecular flexibility index (Phi) is 46.9. The number of nitrogens with one attached hydrogen (secondary N) is 1. The van der Waals surface area contributed by atoms with Gasteiger partial charge in [0.05, 0.1) is 13.0 Å². The van der Waals surface area contributed by atoms with Gasteiger partial charge in [-0.05, 0) is 27.8 Å². The summed E-state index contributed by atoms with van der Waals surface area (Å²) >= 11 is 0. The van der Waals surface area contributed by atoms with Crippen LogP contribution >= 0.6 is 8.46 Å². The second kappa shape index (κ2) is 33.8. The predicted octanol–water partition coefficient (Wildman–Crippen LogP) is 2.95. The molecule has 0 fully saturated rings. The first-order chi connectivity index (χ1) is 11.9. The van der Waals surface area contributed by atoms with Crippen LogP contribution in [0.25, 0.3) is 0 Å². The van der Waals surface area contributed by atoms with Crippen LogP contribution in [0.5, 0.6) is 0 Å². The Labute approximate surface area is 154 Å². The summed E-state index contributed by atoms with van der Waals surface area (Å²) in [5, 5.41) is 3.63. The number of rotatable bonds is 3. The highest BCUT2D eigenvalue weighted by atomic mass is 31.1. The topological polar surface area (TPSA) is 128 Å². The van der Waals surface area contributed by atoms with Crippen molar-refractivity contribution in [2.45, 2.75) is 61.3 Å². The predicted molar refractivity (Wildman–Crippen MR) is 104 cm³/mol. The van der Waals surface area contributed by atoms with E-state index >= 15 is 0 Å². The van der Waals surface area contributed by atoms with E-state index in [4.69, 9.17) is 4.57 Å². The van der Waals surface area contributed by atoms with Crippen molar-refractivity contribution in [1.82, 2.24) is 5.43 Å². The zero-order valence-corrected chi connectivity index (χ0v) is 18.0. The van der Waals surface area contributed by atoms with Gasteiger partial charge in [-0.1, -0.05) is 27.7 Å². The molecule has 8 nitrogen and oxygen atoms in total. The number of Topliss-reactive ketones (excluding diaryl/α,β-unsaturated/α-hetero) is 1. The molecule has 0 radical (unpaired) electrons. The minimum absolute atomic E-state index is 0.00231. The Hall–Kier alpha value is -1.66. The fourth-order valence-corrected chi connectivity index (χ4v) is 0.884. The minimum atomic E-state index is -0.440. The molecule has 0 bridgehead atoms. The van der Waals surface area contributed by atoms with Gasteiger partial charge >= 0.3 is 5.97 Å². The summed E-state index contributed by atoms with van der Waals surface area (Å²) in [7, 11) is 1.67. The number of carbonyl (C=O) groups is 3. The molecule has 0 spiro atoms. The van der Waals surface area contributed by atoms with Crippen LogP contribution in [0.4, 0.5) is 0 Å². The highest BCUT2D eigenvalue weighted by Crippen LogP contribution is 1.91. The number of hydrogen-bond donors (Lipinski definition) is 2. The second-order valence-electron chi connectivity index (χ2n) is 3.43. The van der Waals surface area contributed by atoms with Crippen LogP contribution in [-0.2, 0) is 23.7 Å². The summed E-state index contributed by atoms with van der Waals surface area (Å²) in [5.41, 5.74) is 7.68. The summed E-state index contributed by atoms with van der Waals surface area (Å²) in [6.07, 6.45) is 0.369. The zero-order chi connectivity index (χ0) is 21.3. The van der Waals surface area contributed by atoms with E-state index in [1.54, 1.807) is 13.6 Å². The third-order valence-electron chi connectivity index (χ3n) is 1.49. The molecule has 1 heterocycles. The molecule has 0 saturated carbocycles. The van der Waals surface area contributed by atoms with E-state index in [1.807, 2.05) is 34.6 Å². The van der Waals surface area contributed by atoms with Gasteiger partial charge in [-0.15, -0.1) is 0 Å². The first-order valence-corrected chi connectivity index (χ1v) is 9.39. The maximum absolute atomic E-state index is 10.4. The van der Waals surface area contributed by atoms with Crippen molar-refractivity contribution in [3.63, 3.8) is 0 Å². The summed E-state index contributed by atoms with van der Waals surface area (Å²) in [4.78, 5) is 30.9. The number of hydrogen-bond acceptors (Lipinski definition) is 7. The average molecular weight is 381 g/mol. The molecule has 0 aromatic carbocycles. The lowest BCUT2D eigenvalue weighted by molar-refractivity contribution is -0.145. The molecule has 3 N–H and O–H groups in total. The van der Waals surface area contributed by atoms with E-state index in [0.29, 0.717) is 13.0 Å². The summed E-state index contributed by atoms with van der Waals surface area (Å²) in [5.74, 6) is -0.601. The molecular weight excluding hydrogens is 345 g/mol. The molecule has 0 aromatic heterocycles. The van der Waals surface area contributed by atoms with Gasteiger partial charge in [0.25, 0.3) is 0 Å². The number of hydrazone groups is 1. The third-order valence-corrected chi connectivity index (χ3v) is 1.49. The van der Waals surface area contributed by atoms with Gasteiger partial charge < -0.3 is 10.5 Å². The second-order valence-corrected chi connectivity index (χ2v) is 3.79. The van der Waals surface area contributed by atoms with Crippen LogP contribution in [-0.4, -0.2) is 43.7 Å². The number of nitrogens with zero attached hydrogens (tertiary/aromatic N) is 1. The van der Waals surface area contributed by atoms with E-state index in [2.05, 4.69) is 21.0 Å². The van der Waals surface area contributed by atoms with Gasteiger partial charge in [0.1, 0.15) is 12.2 Å². The normalized spacial score (nSPS) is 10.0. The Morgan fingerprint density at radius 3 is 1.80 bits per heavy atom. The SMILES string of the molecule is CC.CC.CC1=NNC(=O)C1.CCOC(=O)CC(C)=O.CN.CP=O. The highest BCUT2D eigenvalue weighted by Gasteiger charge is 2.07. The van der Waals surface area contributed by atoms with Crippen LogP contribution in [0.2, 0.25) is 0 Å². The standard InChI is InChI=1S/C6H10O3.C4H6N2O.2C2H6.CH5N.CH3OP/c1-3-9-6(8)4-5(2)7;1-3-2-4(7)6-5-3;3*1-2;1-3-2/h3-4H2,1-2H3;2H2,1H3,(H,6,7);2*1-2H3;2H2,1H3;1H3. The van der Waals surface area contributed by atoms with E-state index in [-0.39, 0.29) is 26.6 Å². The minimum Gasteiger partial charge on any atom is -0.466 e. The van der Waals surface area contributed by atoms with Crippen LogP contribution in [0.3, 0.4) is 0 Å². The fourth-order valence-electron chi connectivity index (χ4n) is 0.884. The van der Waals surface area contributed by atoms with E-state index in [9.17, 15) is 14.4 Å². The summed E-state index contributed by atoms with van der Waals surface area (Å²) in [6, 6.07) is 0. The molecule has 1 aliphatic heterocycles. The van der Waals surface area contributed by atoms with E-state index in [0.717, 1.165) is 5.71 Å². The number of ether oxygens (including phenoxy) is 1. The molecule has 9 heteroatoms. The van der Waals surface area contributed by atoms with Crippen molar-refractivity contribution < 1.29 is 23.7 Å². The highest BCUT2D eigenvalue weighted by molar-refractivity contribution is 7.22. The van der Waals surface area contributed by atoms with Gasteiger partial charge in [-0.25, -0.2) is 5.43 Å². The van der Waals surface area contributed by atoms with Crippen molar-refractivity contribution in [1.29, 1.82) is 0 Å². The van der Waals surface area contributed by atoms with Crippen molar-refractivity contribution in [3.05, 3.63) is 0 Å². The molecule has 150 valence electrons. The van der Waals surface area contributed by atoms with Gasteiger partial charge in [0.15, 0.2) is 8.46 Å². The van der Waals surface area contributed by atoms with Gasteiger partial charge in [0, 0.05) is 12.4 Å². The molecule has 0 saturated heterocycles. The maximum atomic E-state index is 10.4. The fraction of sp³-hybridized carbons (Fsp3) is 0.750. The molecule has 1 amide bonds. The smallest absolute Gasteiger partial charge is 0.313 e. The molecule has 1 aliphatic rings. The Morgan fingerprint density at radius 2 is 1.64 bits per heavy atom. The van der Waals surface area contributed by atoms with Crippen LogP contribution < -0.4 is 11.2 Å². The molecular formula is C16H36N3O5P. The number of nitrogens with two attached hydrogens (primary N) is 1. The van der Waals surface area contributed by atoms with Gasteiger partial charge in [0.2, 0.25) is 5.91 Å². The number of carbonyl (C=O) groups excluding carboxylic acids is 3. The molecule has 0 aromatic rings. The average Bonchev–Trinajstić information content (AvgIpc) is 2.97. The molecule has 0 atom stereocenters. The first-order valence-electron chi connectivity index (χ1n) is 8.13. The van der Waals surface area contributed by atoms with Crippen molar-refractivity contribution in [2.24, 2.45) is 10.8 Å². The summed E-state index contributed by atoms with van der Waals surface area (Å²) in [6.45, 7) is 14.8. The van der Waals surface area contributed by atoms with Crippen LogP contribution in [0, 0.1) is 0 Å². The Bertz CT molecular complexity index is 362. The zero-order valence-electron chi connectivity index (χ0n) is 17.1. The monoisotopic (exact) mass is 381 g/mol. The van der Waals surface area contributed by atoms with Gasteiger partial charge in [-0.3, -0.25) is 18.9 Å². The van der Waals surface area contributed by atoms with Crippen molar-refractivity contribution in [3.8, 4) is 0 Å². The lowest BCUT2D eigenvalue weighted by Gasteiger charge is -1.96. The maximum Gasteiger partial charge on any atom is 0.313 e. The first kappa shape index (κ1) is 34.6. The summed E-state index contributed by atoms with van der Waals surface area (Å²) < 4.78 is 13.4. The Morgan fingerprint density at radius 1 is 1.24 bits per heavy atom. The van der Waals surface area contributed by atoms with E-state index in [1.165, 1.54) is 14.0 Å². The number of amides is 1. The number of ketones is 1. The van der Waals surface area contributed by atoms with Crippen molar-refractivity contribution in [2.75, 3.05) is 20.3 Å². The molecule has 0 unspecified atom stereocenters. The number of esters is 1. The molecule has 0 aliphatic carbocycles. The third kappa shape index (κ3) is 44.9. The lowest BCUT2D eigenvalue weighted by Crippen LogP contribution is -2.08. The Balaban J connectivity index is -0.0000000740. The van der Waals surface area contributed by atoms with E-state index < -0.39 is 5.97 Å². The van der Waals surface area contributed by atoms with Crippen molar-refractivity contribution >= 4 is 31.8 Å². The quantitative estimate of drug-likeness (QED) is 0.439. The van der Waals surface area contributed by atoms with Crippen LogP contribution in [0.1, 0.15) is 61.3 Å². The van der Waals surface area contributed by atoms with Gasteiger partial charge in [-0.2, -0.15) is 5.10 Å². The van der Waals surface area contributed by atoms with Crippen LogP contribution in [0.15, 0.2) is 5.10 Å². The largest absolute Gasteiger partial charge is 0.466 e. The lowest BCUT2D eigenvalue weighted by atomic mass is 10.3.